The topological polar surface area (TPSA) is 94.1 Å². The first-order chi connectivity index (χ1) is 18.7. The van der Waals surface area contributed by atoms with Crippen LogP contribution in [-0.4, -0.2) is 54.3 Å². The Balaban J connectivity index is 1.66. The van der Waals surface area contributed by atoms with Crippen LogP contribution in [0.25, 0.3) is 0 Å². The molecule has 0 saturated carbocycles. The number of benzodiazepines with no additional fused rings is 1. The summed E-state index contributed by atoms with van der Waals surface area (Å²) in [4.78, 5) is 48.9. The number of benzene rings is 2. The van der Waals surface area contributed by atoms with Gasteiger partial charge in [-0.15, -0.1) is 0 Å². The molecule has 39 heavy (non-hydrogen) atoms. The molecule has 2 heterocycles. The summed E-state index contributed by atoms with van der Waals surface area (Å²) in [6.45, 7) is 9.42. The highest BCUT2D eigenvalue weighted by Gasteiger charge is 2.35. The zero-order valence-corrected chi connectivity index (χ0v) is 23.6. The zero-order valence-electron chi connectivity index (χ0n) is 23.6. The first kappa shape index (κ1) is 28.3. The van der Waals surface area contributed by atoms with Gasteiger partial charge in [0.2, 0.25) is 12.1 Å². The van der Waals surface area contributed by atoms with Gasteiger partial charge in [0.05, 0.1) is 5.69 Å². The van der Waals surface area contributed by atoms with E-state index in [4.69, 9.17) is 4.99 Å². The minimum atomic E-state index is -1.16. The van der Waals surface area contributed by atoms with Crippen molar-refractivity contribution < 1.29 is 14.4 Å². The van der Waals surface area contributed by atoms with Crippen LogP contribution in [0.2, 0.25) is 0 Å². The Labute approximate surface area is 231 Å². The first-order valence-electron chi connectivity index (χ1n) is 14.1. The number of aryl methyl sites for hydroxylation is 2. The molecule has 2 aromatic rings. The van der Waals surface area contributed by atoms with Gasteiger partial charge in [0.25, 0.3) is 5.91 Å². The third kappa shape index (κ3) is 7.25. The highest BCUT2D eigenvalue weighted by atomic mass is 16.2. The van der Waals surface area contributed by atoms with Gasteiger partial charge >= 0.3 is 6.03 Å². The third-order valence-electron chi connectivity index (χ3n) is 7.25. The van der Waals surface area contributed by atoms with Crippen molar-refractivity contribution in [1.82, 2.24) is 10.2 Å². The van der Waals surface area contributed by atoms with Gasteiger partial charge < -0.3 is 15.5 Å². The van der Waals surface area contributed by atoms with Crippen LogP contribution >= 0.6 is 0 Å². The summed E-state index contributed by atoms with van der Waals surface area (Å²) in [7, 11) is 0. The van der Waals surface area contributed by atoms with E-state index in [2.05, 4.69) is 24.5 Å². The van der Waals surface area contributed by atoms with Crippen molar-refractivity contribution in [2.24, 2.45) is 10.9 Å². The predicted octanol–water partition coefficient (Wildman–Crippen LogP) is 5.43. The number of carbonyl (C=O) groups excluding carboxylic acids is 3. The van der Waals surface area contributed by atoms with Crippen LogP contribution in [0.3, 0.4) is 0 Å². The molecule has 0 spiro atoms. The van der Waals surface area contributed by atoms with E-state index >= 15 is 0 Å². The number of para-hydroxylation sites is 1. The number of rotatable bonds is 6. The second kappa shape index (κ2) is 12.9. The van der Waals surface area contributed by atoms with E-state index in [1.54, 1.807) is 11.0 Å². The molecule has 0 radical (unpaired) electrons. The lowest BCUT2D eigenvalue weighted by atomic mass is 9.96. The Bertz CT molecular complexity index is 1230. The lowest BCUT2D eigenvalue weighted by Crippen LogP contribution is -2.52. The summed E-state index contributed by atoms with van der Waals surface area (Å²) in [6.07, 6.45) is 4.85. The number of aliphatic imine (C=N–C) groups is 1. The fourth-order valence-corrected chi connectivity index (χ4v) is 5.34. The average Bonchev–Trinajstić information content (AvgIpc) is 2.95. The quantitative estimate of drug-likeness (QED) is 0.521. The SMILES string of the molecule is Cc1cccc(NC(=O)N[C@@H]2N=C(CC(C)C)c3cccc(C)c3N(CC(=O)N3CCCCCCC3)C2=O)c1. The standard InChI is InChI=1S/C31H41N5O3/c1-21(2)18-26-25-15-11-13-23(4)28(25)36(20-27(37)35-16-8-6-5-7-9-17-35)30(38)29(33-26)34-31(39)32-24-14-10-12-22(3)19-24/h10-15,19,21,29H,5-9,16-18,20H2,1-4H3,(H2,32,34,39)/t29-/m0/s1. The summed E-state index contributed by atoms with van der Waals surface area (Å²) < 4.78 is 0. The second-order valence-corrected chi connectivity index (χ2v) is 11.1. The van der Waals surface area contributed by atoms with E-state index in [1.165, 1.54) is 6.42 Å². The fourth-order valence-electron chi connectivity index (χ4n) is 5.34. The molecule has 1 atom stereocenters. The van der Waals surface area contributed by atoms with Gasteiger partial charge in [0.15, 0.2) is 0 Å². The number of nitrogens with one attached hydrogen (secondary N) is 2. The maximum Gasteiger partial charge on any atom is 0.321 e. The predicted molar refractivity (Wildman–Crippen MR) is 156 cm³/mol. The summed E-state index contributed by atoms with van der Waals surface area (Å²) in [5.41, 5.74) is 4.81. The number of carbonyl (C=O) groups is 3. The van der Waals surface area contributed by atoms with Crippen molar-refractivity contribution in [3.05, 3.63) is 59.2 Å². The summed E-state index contributed by atoms with van der Waals surface area (Å²) in [5.74, 6) is -0.206. The molecule has 4 amide bonds. The number of hydrogen-bond acceptors (Lipinski definition) is 4. The van der Waals surface area contributed by atoms with Crippen molar-refractivity contribution in [3.63, 3.8) is 0 Å². The van der Waals surface area contributed by atoms with Crippen LogP contribution in [0.1, 0.15) is 69.1 Å². The minimum Gasteiger partial charge on any atom is -0.341 e. The molecule has 1 fully saturated rings. The molecule has 4 rings (SSSR count). The Hall–Kier alpha value is -3.68. The largest absolute Gasteiger partial charge is 0.341 e. The van der Waals surface area contributed by atoms with Crippen LogP contribution in [0.15, 0.2) is 47.5 Å². The number of amides is 4. The summed E-state index contributed by atoms with van der Waals surface area (Å²) in [5, 5.41) is 5.60. The highest BCUT2D eigenvalue weighted by Crippen LogP contribution is 2.31. The van der Waals surface area contributed by atoms with Gasteiger partial charge in [-0.1, -0.05) is 63.4 Å². The molecular weight excluding hydrogens is 490 g/mol. The monoisotopic (exact) mass is 531 g/mol. The van der Waals surface area contributed by atoms with Gasteiger partial charge in [-0.25, -0.2) is 4.79 Å². The smallest absolute Gasteiger partial charge is 0.321 e. The molecule has 1 saturated heterocycles. The second-order valence-electron chi connectivity index (χ2n) is 11.1. The van der Waals surface area contributed by atoms with Crippen molar-refractivity contribution in [1.29, 1.82) is 0 Å². The average molecular weight is 532 g/mol. The number of hydrogen-bond donors (Lipinski definition) is 2. The molecule has 0 bridgehead atoms. The van der Waals surface area contributed by atoms with Gasteiger partial charge in [0.1, 0.15) is 6.54 Å². The summed E-state index contributed by atoms with van der Waals surface area (Å²) >= 11 is 0. The Morgan fingerprint density at radius 3 is 2.38 bits per heavy atom. The van der Waals surface area contributed by atoms with Crippen LogP contribution in [0.5, 0.6) is 0 Å². The Kier molecular flexibility index (Phi) is 9.38. The van der Waals surface area contributed by atoms with E-state index in [0.29, 0.717) is 30.9 Å². The number of urea groups is 1. The molecule has 8 nitrogen and oxygen atoms in total. The van der Waals surface area contributed by atoms with Crippen LogP contribution < -0.4 is 15.5 Å². The zero-order chi connectivity index (χ0) is 27.9. The van der Waals surface area contributed by atoms with Gasteiger partial charge in [-0.2, -0.15) is 0 Å². The minimum absolute atomic E-state index is 0.0743. The first-order valence-corrected chi connectivity index (χ1v) is 14.1. The molecule has 0 aliphatic carbocycles. The van der Waals surface area contributed by atoms with E-state index in [-0.39, 0.29) is 18.4 Å². The lowest BCUT2D eigenvalue weighted by molar-refractivity contribution is -0.132. The number of likely N-dealkylation sites (tertiary alicyclic amines) is 1. The van der Waals surface area contributed by atoms with Crippen molar-refractivity contribution >= 4 is 34.9 Å². The number of fused-ring (bicyclic) bond motifs is 1. The van der Waals surface area contributed by atoms with Crippen LogP contribution in [-0.2, 0) is 9.59 Å². The van der Waals surface area contributed by atoms with Gasteiger partial charge in [-0.3, -0.25) is 19.5 Å². The van der Waals surface area contributed by atoms with E-state index in [9.17, 15) is 14.4 Å². The van der Waals surface area contributed by atoms with Crippen molar-refractivity contribution in [2.45, 2.75) is 72.4 Å². The fraction of sp³-hybridized carbons (Fsp3) is 0.484. The molecule has 208 valence electrons. The summed E-state index contributed by atoms with van der Waals surface area (Å²) in [6, 6.07) is 12.8. The van der Waals surface area contributed by atoms with E-state index < -0.39 is 18.1 Å². The number of anilines is 2. The molecule has 0 aromatic heterocycles. The Morgan fingerprint density at radius 1 is 1.00 bits per heavy atom. The number of nitrogens with zero attached hydrogens (tertiary/aromatic N) is 3. The highest BCUT2D eigenvalue weighted by molar-refractivity contribution is 6.15. The molecule has 2 aliphatic heterocycles. The molecular formula is C31H41N5O3. The van der Waals surface area contributed by atoms with Crippen molar-refractivity contribution in [3.8, 4) is 0 Å². The lowest BCUT2D eigenvalue weighted by Gasteiger charge is -2.30. The van der Waals surface area contributed by atoms with E-state index in [0.717, 1.165) is 48.1 Å². The van der Waals surface area contributed by atoms with Crippen LogP contribution in [0.4, 0.5) is 16.2 Å². The molecule has 2 N–H and O–H groups in total. The normalized spacial score (nSPS) is 18.0. The molecule has 8 heteroatoms. The Morgan fingerprint density at radius 2 is 1.69 bits per heavy atom. The van der Waals surface area contributed by atoms with E-state index in [1.807, 2.05) is 55.1 Å². The molecule has 2 aromatic carbocycles. The third-order valence-corrected chi connectivity index (χ3v) is 7.25. The van der Waals surface area contributed by atoms with Crippen molar-refractivity contribution in [2.75, 3.05) is 29.9 Å². The molecule has 2 aliphatic rings. The maximum absolute atomic E-state index is 14.1. The van der Waals surface area contributed by atoms with Crippen LogP contribution in [0, 0.1) is 19.8 Å². The van der Waals surface area contributed by atoms with Gasteiger partial charge in [0, 0.05) is 30.1 Å². The maximum atomic E-state index is 14.1. The molecule has 0 unspecified atom stereocenters. The van der Waals surface area contributed by atoms with Gasteiger partial charge in [-0.05, 0) is 62.3 Å².